The van der Waals surface area contributed by atoms with Crippen molar-refractivity contribution >= 4 is 46.1 Å². The molecule has 6 heterocycles. The van der Waals surface area contributed by atoms with Crippen LogP contribution in [-0.4, -0.2) is 52.5 Å². The number of fused-ring (bicyclic) bond motifs is 4. The number of aromatic nitrogens is 2. The first-order valence-electron chi connectivity index (χ1n) is 20.2. The monoisotopic (exact) mass is 768 g/mol. The van der Waals surface area contributed by atoms with Crippen LogP contribution in [0.5, 0.6) is 23.0 Å². The number of rotatable bonds is 6. The molecule has 0 fully saturated rings. The number of aliphatic imine (C=N–C) groups is 2. The molecule has 11 rings (SSSR count). The smallest absolute Gasteiger partial charge is 0.260 e. The van der Waals surface area contributed by atoms with Crippen molar-refractivity contribution in [2.24, 2.45) is 9.98 Å². The number of hydrogen-bond donors (Lipinski definition) is 0. The molecule has 0 saturated carbocycles. The Bertz CT molecular complexity index is 2680. The fraction of sp³-hybridized carbons (Fsp3) is 0.160. The van der Waals surface area contributed by atoms with Gasteiger partial charge in [-0.2, -0.15) is 0 Å². The van der Waals surface area contributed by atoms with E-state index in [9.17, 15) is 0 Å². The number of amidine groups is 2. The molecule has 0 bridgehead atoms. The molecule has 8 nitrogen and oxygen atoms in total. The van der Waals surface area contributed by atoms with Gasteiger partial charge in [0.1, 0.15) is 34.7 Å². The number of hydrogen-bond acceptors (Lipinski definition) is 8. The summed E-state index contributed by atoms with van der Waals surface area (Å²) in [7, 11) is 0. The topological polar surface area (TPSA) is 75.4 Å². The highest BCUT2D eigenvalue weighted by molar-refractivity contribution is 6.98. The second-order valence-electron chi connectivity index (χ2n) is 17.0. The molecular formula is C50H41BN6O2. The van der Waals surface area contributed by atoms with Crippen molar-refractivity contribution in [2.45, 2.75) is 38.8 Å². The van der Waals surface area contributed by atoms with Crippen LogP contribution in [-0.2, 0) is 0 Å². The lowest BCUT2D eigenvalue weighted by Crippen LogP contribution is -2.57. The normalized spacial score (nSPS) is 16.6. The summed E-state index contributed by atoms with van der Waals surface area (Å²) >= 11 is 0. The summed E-state index contributed by atoms with van der Waals surface area (Å²) < 4.78 is 13.4. The van der Waals surface area contributed by atoms with Gasteiger partial charge in [-0.25, -0.2) is 0 Å². The molecule has 2 aromatic heterocycles. The van der Waals surface area contributed by atoms with Crippen molar-refractivity contribution in [3.63, 3.8) is 0 Å². The van der Waals surface area contributed by atoms with E-state index in [0.29, 0.717) is 13.1 Å². The van der Waals surface area contributed by atoms with Crippen LogP contribution in [0.1, 0.15) is 38.8 Å². The first-order chi connectivity index (χ1) is 28.7. The van der Waals surface area contributed by atoms with Crippen LogP contribution in [0.15, 0.2) is 162 Å². The van der Waals surface area contributed by atoms with E-state index in [-0.39, 0.29) is 17.8 Å². The summed E-state index contributed by atoms with van der Waals surface area (Å²) in [5.74, 6) is 5.11. The Kier molecular flexibility index (Phi) is 7.92. The van der Waals surface area contributed by atoms with E-state index in [2.05, 4.69) is 135 Å². The fourth-order valence-electron chi connectivity index (χ4n) is 9.16. The number of ether oxygens (including phenoxy) is 2. The van der Waals surface area contributed by atoms with Crippen LogP contribution in [0.3, 0.4) is 0 Å². The maximum atomic E-state index is 6.69. The highest BCUT2D eigenvalue weighted by Gasteiger charge is 2.41. The van der Waals surface area contributed by atoms with E-state index in [0.717, 1.165) is 95.8 Å². The average Bonchev–Trinajstić information content (AvgIpc) is 3.77. The minimum Gasteiger partial charge on any atom is -0.458 e. The molecule has 0 unspecified atom stereocenters. The van der Waals surface area contributed by atoms with Crippen LogP contribution < -0.4 is 35.7 Å². The van der Waals surface area contributed by atoms with Crippen molar-refractivity contribution in [3.05, 3.63) is 163 Å². The third-order valence-electron chi connectivity index (χ3n) is 12.0. The van der Waals surface area contributed by atoms with Crippen molar-refractivity contribution in [1.82, 2.24) is 9.97 Å². The lowest BCUT2D eigenvalue weighted by atomic mass is 9.35. The molecule has 0 saturated heterocycles. The van der Waals surface area contributed by atoms with Crippen molar-refractivity contribution < 1.29 is 9.47 Å². The van der Waals surface area contributed by atoms with Gasteiger partial charge in [0.2, 0.25) is 0 Å². The van der Waals surface area contributed by atoms with Crippen LogP contribution in [0, 0.1) is 0 Å². The molecule has 5 aromatic carbocycles. The second kappa shape index (κ2) is 13.3. The highest BCUT2D eigenvalue weighted by atomic mass is 16.5. The Labute approximate surface area is 344 Å². The zero-order valence-corrected chi connectivity index (χ0v) is 33.4. The lowest BCUT2D eigenvalue weighted by molar-refractivity contribution is 0.464. The lowest BCUT2D eigenvalue weighted by Gasteiger charge is -2.34. The van der Waals surface area contributed by atoms with E-state index in [1.807, 2.05) is 55.1 Å². The minimum atomic E-state index is -0.160. The first-order valence-corrected chi connectivity index (χ1v) is 20.2. The van der Waals surface area contributed by atoms with Crippen LogP contribution in [0.25, 0.3) is 22.3 Å². The largest absolute Gasteiger partial charge is 0.458 e. The Balaban J connectivity index is 0.930. The van der Waals surface area contributed by atoms with E-state index in [1.54, 1.807) is 0 Å². The molecule has 59 heavy (non-hydrogen) atoms. The number of anilines is 2. The van der Waals surface area contributed by atoms with Crippen LogP contribution in [0.2, 0.25) is 0 Å². The zero-order chi connectivity index (χ0) is 39.9. The Morgan fingerprint density at radius 1 is 0.458 bits per heavy atom. The summed E-state index contributed by atoms with van der Waals surface area (Å²) in [5.41, 5.74) is 11.2. The summed E-state index contributed by atoms with van der Waals surface area (Å²) in [4.78, 5) is 24.1. The van der Waals surface area contributed by atoms with Gasteiger partial charge in [-0.1, -0.05) is 66.7 Å². The number of nitrogens with zero attached hydrogens (tertiary/aromatic N) is 6. The molecule has 0 aliphatic carbocycles. The van der Waals surface area contributed by atoms with Gasteiger partial charge in [-0.05, 0) is 110 Å². The summed E-state index contributed by atoms with van der Waals surface area (Å²) in [6.07, 6.45) is 7.66. The van der Waals surface area contributed by atoms with E-state index in [1.165, 1.54) is 0 Å². The predicted molar refractivity (Wildman–Crippen MR) is 239 cm³/mol. The van der Waals surface area contributed by atoms with Gasteiger partial charge >= 0.3 is 0 Å². The quantitative estimate of drug-likeness (QED) is 0.158. The molecule has 7 aromatic rings. The molecule has 4 aliphatic rings. The van der Waals surface area contributed by atoms with Gasteiger partial charge in [0.05, 0.1) is 24.2 Å². The molecule has 9 heteroatoms. The molecule has 0 radical (unpaired) electrons. The predicted octanol–water partition coefficient (Wildman–Crippen LogP) is 8.63. The fourth-order valence-corrected chi connectivity index (χ4v) is 9.16. The molecule has 286 valence electrons. The Morgan fingerprint density at radius 3 is 1.36 bits per heavy atom. The molecule has 0 spiro atoms. The second-order valence-corrected chi connectivity index (χ2v) is 17.0. The molecular weight excluding hydrogens is 727 g/mol. The summed E-state index contributed by atoms with van der Waals surface area (Å²) in [5, 5.41) is 0. The minimum absolute atomic E-state index is 0.0604. The third kappa shape index (κ3) is 5.83. The van der Waals surface area contributed by atoms with Crippen molar-refractivity contribution in [2.75, 3.05) is 22.9 Å². The van der Waals surface area contributed by atoms with Crippen molar-refractivity contribution in [3.8, 4) is 45.3 Å². The SMILES string of the molecule is CC1(C)CN=C(c2cncc(-c3ccc4c(c3)Oc3cccc5c3B4c3ccc(-c4cncc(C6=NCC(C)(C)N6c6ccccc6)c4)cc3O5)c2)N1c1ccccc1. The van der Waals surface area contributed by atoms with Gasteiger partial charge in [0.15, 0.2) is 0 Å². The standard InChI is InChI=1S/C50H41BN6O2/c1-49(2)30-54-47(56(49)38-12-7-5-8-13-38)36-22-34(26-52-28-36)32-18-20-40-44(24-32)58-42-16-11-17-43-46(42)51(40)41-21-19-33(25-45(41)59-43)35-23-37(29-53-27-35)48-55-31-50(3,4)57(48)39-14-9-6-10-15-39/h5-29H,30-31H2,1-4H3. The van der Waals surface area contributed by atoms with Gasteiger partial charge in [-0.3, -0.25) is 20.0 Å². The van der Waals surface area contributed by atoms with Crippen molar-refractivity contribution in [1.29, 1.82) is 0 Å². The van der Waals surface area contributed by atoms with Gasteiger partial charge in [0, 0.05) is 63.9 Å². The number of pyridine rings is 2. The van der Waals surface area contributed by atoms with Gasteiger partial charge < -0.3 is 19.3 Å². The summed E-state index contributed by atoms with van der Waals surface area (Å²) in [6.45, 7) is 10.3. The first kappa shape index (κ1) is 35.2. The Morgan fingerprint density at radius 2 is 0.898 bits per heavy atom. The maximum Gasteiger partial charge on any atom is 0.260 e. The van der Waals surface area contributed by atoms with Crippen LogP contribution in [0.4, 0.5) is 11.4 Å². The van der Waals surface area contributed by atoms with Crippen LogP contribution >= 0.6 is 0 Å². The third-order valence-corrected chi connectivity index (χ3v) is 12.0. The van der Waals surface area contributed by atoms with E-state index >= 15 is 0 Å². The molecule has 0 amide bonds. The highest BCUT2D eigenvalue weighted by Crippen LogP contribution is 2.39. The number of benzene rings is 5. The molecule has 4 aliphatic heterocycles. The van der Waals surface area contributed by atoms with Gasteiger partial charge in [0.25, 0.3) is 6.71 Å². The zero-order valence-electron chi connectivity index (χ0n) is 33.4. The van der Waals surface area contributed by atoms with E-state index < -0.39 is 0 Å². The molecule has 0 N–H and O–H groups in total. The average molecular weight is 769 g/mol. The van der Waals surface area contributed by atoms with Gasteiger partial charge in [-0.15, -0.1) is 0 Å². The summed E-state index contributed by atoms with van der Waals surface area (Å²) in [6, 6.07) is 44.4. The Hall–Kier alpha value is -7.00. The van der Waals surface area contributed by atoms with E-state index in [4.69, 9.17) is 29.4 Å². The molecule has 0 atom stereocenters. The number of para-hydroxylation sites is 2. The maximum absolute atomic E-state index is 6.69.